The topological polar surface area (TPSA) is 111 Å². The van der Waals surface area contributed by atoms with Crippen molar-refractivity contribution in [3.05, 3.63) is 95.8 Å². The maximum absolute atomic E-state index is 14.3. The number of carbonyl (C=O) groups excluding carboxylic acids is 3. The fourth-order valence-electron chi connectivity index (χ4n) is 5.54. The van der Waals surface area contributed by atoms with Crippen LogP contribution >= 0.6 is 0 Å². The largest absolute Gasteiger partial charge is 0.392 e. The molecule has 3 amide bonds. The van der Waals surface area contributed by atoms with Crippen molar-refractivity contribution in [1.82, 2.24) is 20.4 Å². The molecule has 246 valence electrons. The quantitative estimate of drug-likeness (QED) is 0.238. The molecule has 0 aliphatic carbocycles. The number of hydrogen-bond donors (Lipinski definition) is 3. The van der Waals surface area contributed by atoms with Crippen LogP contribution in [0.25, 0.3) is 11.1 Å². The van der Waals surface area contributed by atoms with E-state index < -0.39 is 35.8 Å². The molecule has 0 spiro atoms. The molecule has 0 radical (unpaired) electrons. The molecule has 10 heteroatoms. The molecule has 46 heavy (non-hydrogen) atoms. The number of likely N-dealkylation sites (N-methyl/N-ethyl adjacent to an activating group) is 2. The molecular formula is C36H45FN4O5. The Balaban J connectivity index is 1.57. The van der Waals surface area contributed by atoms with Crippen molar-refractivity contribution < 1.29 is 28.6 Å². The molecule has 4 atom stereocenters. The van der Waals surface area contributed by atoms with Crippen LogP contribution in [0.2, 0.25) is 0 Å². The van der Waals surface area contributed by atoms with Crippen LogP contribution in [0.4, 0.5) is 4.39 Å². The van der Waals surface area contributed by atoms with Crippen molar-refractivity contribution in [2.24, 2.45) is 0 Å². The Kier molecular flexibility index (Phi) is 12.8. The molecule has 3 aromatic rings. The summed E-state index contributed by atoms with van der Waals surface area (Å²) in [6, 6.07) is 21.8. The fraction of sp³-hybridized carbons (Fsp3) is 0.417. The Hall–Kier alpha value is -4.12. The van der Waals surface area contributed by atoms with Crippen LogP contribution in [0, 0.1) is 5.82 Å². The second kappa shape index (κ2) is 17.0. The molecule has 4 rings (SSSR count). The van der Waals surface area contributed by atoms with Crippen LogP contribution in [0.15, 0.2) is 78.9 Å². The second-order valence-corrected chi connectivity index (χ2v) is 12.0. The summed E-state index contributed by atoms with van der Waals surface area (Å²) in [6.07, 6.45) is 1.59. The van der Waals surface area contributed by atoms with Gasteiger partial charge in [0.1, 0.15) is 24.5 Å². The highest BCUT2D eigenvalue weighted by atomic mass is 19.1. The van der Waals surface area contributed by atoms with Crippen LogP contribution in [0.3, 0.4) is 0 Å². The highest BCUT2D eigenvalue weighted by Gasteiger charge is 2.35. The zero-order valence-corrected chi connectivity index (χ0v) is 26.8. The molecule has 3 aromatic carbocycles. The SMILES string of the molecule is C[C@@H](O)CNC(=O)[C@@H](Cc1ccc(F)cc1)N(C)C(=O)[C@@H](Cc1ccc(-c2ccccc2)cc1)N(C)C(=O)COC[C@H]1CCCN1. The molecule has 0 saturated carbocycles. The van der Waals surface area contributed by atoms with Crippen molar-refractivity contribution in [2.45, 2.75) is 56.8 Å². The number of nitrogens with zero attached hydrogens (tertiary/aromatic N) is 2. The molecule has 1 aliphatic rings. The van der Waals surface area contributed by atoms with Crippen molar-refractivity contribution in [3.8, 4) is 11.1 Å². The number of nitrogens with one attached hydrogen (secondary N) is 2. The maximum atomic E-state index is 14.3. The molecule has 3 N–H and O–H groups in total. The van der Waals surface area contributed by atoms with Crippen LogP contribution < -0.4 is 10.6 Å². The van der Waals surface area contributed by atoms with Crippen molar-refractivity contribution in [3.63, 3.8) is 0 Å². The first kappa shape index (κ1) is 34.7. The molecular weight excluding hydrogens is 587 g/mol. The van der Waals surface area contributed by atoms with Crippen LogP contribution in [-0.2, 0) is 32.0 Å². The number of carbonyl (C=O) groups is 3. The lowest BCUT2D eigenvalue weighted by Gasteiger charge is -2.34. The molecule has 0 aromatic heterocycles. The van der Waals surface area contributed by atoms with Gasteiger partial charge in [0, 0.05) is 39.5 Å². The first-order valence-electron chi connectivity index (χ1n) is 15.8. The number of benzene rings is 3. The predicted molar refractivity (Wildman–Crippen MR) is 175 cm³/mol. The van der Waals surface area contributed by atoms with Crippen molar-refractivity contribution in [2.75, 3.05) is 40.4 Å². The summed E-state index contributed by atoms with van der Waals surface area (Å²) in [5.41, 5.74) is 3.59. The van der Waals surface area contributed by atoms with Gasteiger partial charge in [0.25, 0.3) is 0 Å². The molecule has 1 saturated heterocycles. The van der Waals surface area contributed by atoms with Crippen LogP contribution in [0.1, 0.15) is 30.9 Å². The minimum Gasteiger partial charge on any atom is -0.392 e. The Morgan fingerprint density at radius 1 is 0.913 bits per heavy atom. The van der Waals surface area contributed by atoms with E-state index in [2.05, 4.69) is 10.6 Å². The lowest BCUT2D eigenvalue weighted by molar-refractivity contribution is -0.149. The summed E-state index contributed by atoms with van der Waals surface area (Å²) in [5, 5.41) is 15.8. The van der Waals surface area contributed by atoms with Gasteiger partial charge in [0.05, 0.1) is 12.7 Å². The number of amides is 3. The molecule has 1 aliphatic heterocycles. The fourth-order valence-corrected chi connectivity index (χ4v) is 5.54. The van der Waals surface area contributed by atoms with E-state index in [-0.39, 0.29) is 37.9 Å². The zero-order chi connectivity index (χ0) is 33.1. The van der Waals surface area contributed by atoms with Crippen molar-refractivity contribution >= 4 is 17.7 Å². The highest BCUT2D eigenvalue weighted by Crippen LogP contribution is 2.21. The molecule has 0 unspecified atom stereocenters. The van der Waals surface area contributed by atoms with Crippen molar-refractivity contribution in [1.29, 1.82) is 0 Å². The Morgan fingerprint density at radius 2 is 1.52 bits per heavy atom. The summed E-state index contributed by atoms with van der Waals surface area (Å²) in [7, 11) is 3.11. The smallest absolute Gasteiger partial charge is 0.249 e. The first-order valence-corrected chi connectivity index (χ1v) is 15.8. The van der Waals surface area contributed by atoms with Gasteiger partial charge in [0.2, 0.25) is 17.7 Å². The lowest BCUT2D eigenvalue weighted by Crippen LogP contribution is -2.56. The predicted octanol–water partition coefficient (Wildman–Crippen LogP) is 3.20. The first-order chi connectivity index (χ1) is 22.1. The van der Waals surface area contributed by atoms with E-state index in [0.717, 1.165) is 36.1 Å². The van der Waals surface area contributed by atoms with Gasteiger partial charge in [0.15, 0.2) is 0 Å². The van der Waals surface area contributed by atoms with Gasteiger partial charge >= 0.3 is 0 Å². The number of halogens is 1. The van der Waals surface area contributed by atoms with E-state index in [1.54, 1.807) is 26.1 Å². The lowest BCUT2D eigenvalue weighted by atomic mass is 9.98. The number of ether oxygens (including phenoxy) is 1. The Bertz CT molecular complexity index is 1410. The Morgan fingerprint density at radius 3 is 2.13 bits per heavy atom. The Labute approximate surface area is 270 Å². The summed E-state index contributed by atoms with van der Waals surface area (Å²) in [5.74, 6) is -1.65. The third-order valence-electron chi connectivity index (χ3n) is 8.37. The summed E-state index contributed by atoms with van der Waals surface area (Å²) in [4.78, 5) is 43.8. The monoisotopic (exact) mass is 632 g/mol. The standard InChI is InChI=1S/C36H45FN4O5/c1-25(42)22-39-35(44)32(20-27-13-17-30(37)18-14-27)41(3)36(45)33(40(2)34(43)24-46-23-31-10-7-19-38-31)21-26-11-15-29(16-12-26)28-8-5-4-6-9-28/h4-6,8-9,11-18,25,31-33,38,42H,7,10,19-24H2,1-3H3,(H,39,44)/t25-,31-,32-,33-/m1/s1. The third-order valence-corrected chi connectivity index (χ3v) is 8.37. The number of aliphatic hydroxyl groups excluding tert-OH is 1. The van der Waals surface area contributed by atoms with Gasteiger partial charge in [-0.05, 0) is 60.7 Å². The van der Waals surface area contributed by atoms with Gasteiger partial charge in [-0.25, -0.2) is 4.39 Å². The maximum Gasteiger partial charge on any atom is 0.249 e. The van der Waals surface area contributed by atoms with E-state index in [1.165, 1.54) is 29.0 Å². The summed E-state index contributed by atoms with van der Waals surface area (Å²) in [6.45, 7) is 2.71. The van der Waals surface area contributed by atoms with E-state index in [9.17, 15) is 23.9 Å². The third kappa shape index (κ3) is 9.94. The average Bonchev–Trinajstić information content (AvgIpc) is 3.59. The van der Waals surface area contributed by atoms with Crippen LogP contribution in [0.5, 0.6) is 0 Å². The normalized spacial score (nSPS) is 16.3. The molecule has 1 fully saturated rings. The van der Waals surface area contributed by atoms with Gasteiger partial charge < -0.3 is 30.3 Å². The summed E-state index contributed by atoms with van der Waals surface area (Å²) < 4.78 is 19.4. The molecule has 1 heterocycles. The number of hydrogen-bond acceptors (Lipinski definition) is 6. The van der Waals surface area contributed by atoms with Gasteiger partial charge in [-0.2, -0.15) is 0 Å². The van der Waals surface area contributed by atoms with Crippen LogP contribution in [-0.4, -0.2) is 97.3 Å². The second-order valence-electron chi connectivity index (χ2n) is 12.0. The van der Waals surface area contributed by atoms with E-state index in [4.69, 9.17) is 4.74 Å². The van der Waals surface area contributed by atoms with E-state index in [1.807, 2.05) is 54.6 Å². The number of rotatable bonds is 15. The van der Waals surface area contributed by atoms with Gasteiger partial charge in [-0.3, -0.25) is 14.4 Å². The highest BCUT2D eigenvalue weighted by molar-refractivity contribution is 5.92. The summed E-state index contributed by atoms with van der Waals surface area (Å²) >= 11 is 0. The molecule has 0 bridgehead atoms. The minimum absolute atomic E-state index is 0.00352. The zero-order valence-electron chi connectivity index (χ0n) is 26.8. The molecule has 9 nitrogen and oxygen atoms in total. The van der Waals surface area contributed by atoms with E-state index in [0.29, 0.717) is 12.2 Å². The number of aliphatic hydroxyl groups is 1. The van der Waals surface area contributed by atoms with Gasteiger partial charge in [-0.1, -0.05) is 66.7 Å². The van der Waals surface area contributed by atoms with E-state index >= 15 is 0 Å². The van der Waals surface area contributed by atoms with Gasteiger partial charge in [-0.15, -0.1) is 0 Å². The average molecular weight is 633 g/mol. The minimum atomic E-state index is -0.979.